The third-order valence-electron chi connectivity index (χ3n) is 3.03. The number of aliphatic hydroxyl groups is 1. The number of aromatic nitrogens is 1. The molecule has 1 aliphatic rings. The quantitative estimate of drug-likeness (QED) is 0.704. The lowest BCUT2D eigenvalue weighted by Gasteiger charge is -2.37. The van der Waals surface area contributed by atoms with Gasteiger partial charge in [-0.1, -0.05) is 0 Å². The Labute approximate surface area is 110 Å². The van der Waals surface area contributed by atoms with Crippen LogP contribution >= 0.6 is 0 Å². The maximum Gasteiger partial charge on any atom is 0.337 e. The van der Waals surface area contributed by atoms with Gasteiger partial charge in [-0.25, -0.2) is 9.78 Å². The summed E-state index contributed by atoms with van der Waals surface area (Å²) in [4.78, 5) is 17.0. The number of hydrogen-bond donors (Lipinski definition) is 3. The summed E-state index contributed by atoms with van der Waals surface area (Å²) >= 11 is 0. The first-order valence-corrected chi connectivity index (χ1v) is 6.02. The van der Waals surface area contributed by atoms with Crippen LogP contribution in [0.4, 0.5) is 11.5 Å². The van der Waals surface area contributed by atoms with E-state index in [1.807, 2.05) is 11.8 Å². The number of rotatable bonds is 3. The van der Waals surface area contributed by atoms with E-state index in [2.05, 4.69) is 4.98 Å². The van der Waals surface area contributed by atoms with Crippen LogP contribution in [-0.2, 0) is 4.74 Å². The number of aliphatic hydroxyl groups excluding tert-OH is 1. The Morgan fingerprint density at radius 2 is 2.37 bits per heavy atom. The molecule has 104 valence electrons. The summed E-state index contributed by atoms with van der Waals surface area (Å²) in [5.74, 6) is -0.658. The topological polar surface area (TPSA) is 109 Å². The van der Waals surface area contributed by atoms with Crippen molar-refractivity contribution in [3.63, 3.8) is 0 Å². The summed E-state index contributed by atoms with van der Waals surface area (Å²) in [7, 11) is 0. The highest BCUT2D eigenvalue weighted by molar-refractivity contribution is 5.96. The molecule has 0 bridgehead atoms. The Morgan fingerprint density at radius 3 is 3.00 bits per heavy atom. The van der Waals surface area contributed by atoms with E-state index >= 15 is 0 Å². The third-order valence-corrected chi connectivity index (χ3v) is 3.03. The zero-order valence-corrected chi connectivity index (χ0v) is 10.6. The van der Waals surface area contributed by atoms with Crippen molar-refractivity contribution >= 4 is 17.5 Å². The highest BCUT2D eigenvalue weighted by Crippen LogP contribution is 2.26. The molecule has 0 spiro atoms. The van der Waals surface area contributed by atoms with Gasteiger partial charge >= 0.3 is 5.97 Å². The molecule has 2 rings (SSSR count). The van der Waals surface area contributed by atoms with Crippen molar-refractivity contribution in [3.8, 4) is 0 Å². The molecule has 0 aromatic carbocycles. The van der Waals surface area contributed by atoms with Crippen molar-refractivity contribution in [1.29, 1.82) is 0 Å². The number of hydrogen-bond acceptors (Lipinski definition) is 6. The van der Waals surface area contributed by atoms with E-state index in [9.17, 15) is 9.90 Å². The van der Waals surface area contributed by atoms with Crippen molar-refractivity contribution in [1.82, 2.24) is 4.98 Å². The second-order valence-electron chi connectivity index (χ2n) is 4.56. The van der Waals surface area contributed by atoms with Crippen LogP contribution in [0.3, 0.4) is 0 Å². The molecule has 1 aromatic rings. The first-order valence-electron chi connectivity index (χ1n) is 6.02. The molecule has 0 amide bonds. The number of aromatic carboxylic acids is 1. The number of morpholine rings is 1. The summed E-state index contributed by atoms with van der Waals surface area (Å²) in [5.41, 5.74) is 6.03. The monoisotopic (exact) mass is 267 g/mol. The Morgan fingerprint density at radius 1 is 1.63 bits per heavy atom. The number of anilines is 2. The number of nitrogens with zero attached hydrogens (tertiary/aromatic N) is 2. The number of nitrogens with two attached hydrogens (primary N) is 1. The molecule has 0 radical (unpaired) electrons. The fourth-order valence-corrected chi connectivity index (χ4v) is 2.22. The molecular weight excluding hydrogens is 250 g/mol. The zero-order chi connectivity index (χ0) is 14.0. The van der Waals surface area contributed by atoms with Gasteiger partial charge < -0.3 is 25.6 Å². The molecule has 1 fully saturated rings. The molecule has 0 saturated carbocycles. The maximum absolute atomic E-state index is 11.1. The minimum absolute atomic E-state index is 0.0321. The summed E-state index contributed by atoms with van der Waals surface area (Å²) in [6.07, 6.45) is 1.02. The van der Waals surface area contributed by atoms with Gasteiger partial charge in [0.1, 0.15) is 0 Å². The lowest BCUT2D eigenvalue weighted by atomic mass is 10.1. The minimum Gasteiger partial charge on any atom is -0.478 e. The van der Waals surface area contributed by atoms with Crippen LogP contribution in [0.15, 0.2) is 12.3 Å². The molecule has 2 unspecified atom stereocenters. The average molecular weight is 267 g/mol. The predicted octanol–water partition coefficient (Wildman–Crippen LogP) is -0.0520. The molecule has 2 heterocycles. The second kappa shape index (κ2) is 5.41. The average Bonchev–Trinajstić information content (AvgIpc) is 2.37. The smallest absolute Gasteiger partial charge is 0.337 e. The van der Waals surface area contributed by atoms with Crippen LogP contribution in [0.1, 0.15) is 17.3 Å². The van der Waals surface area contributed by atoms with Gasteiger partial charge in [-0.2, -0.15) is 0 Å². The SMILES string of the molecule is CC1CN(c2nccc(C(=O)O)c2N)CC(CO)O1. The number of carbonyl (C=O) groups is 1. The summed E-state index contributed by atoms with van der Waals surface area (Å²) in [5, 5.41) is 18.2. The van der Waals surface area contributed by atoms with Gasteiger partial charge in [0, 0.05) is 19.3 Å². The fraction of sp³-hybridized carbons (Fsp3) is 0.500. The first-order chi connectivity index (χ1) is 9.02. The van der Waals surface area contributed by atoms with Crippen LogP contribution in [0.25, 0.3) is 0 Å². The maximum atomic E-state index is 11.1. The Balaban J connectivity index is 2.31. The van der Waals surface area contributed by atoms with Crippen molar-refractivity contribution in [2.75, 3.05) is 30.3 Å². The number of ether oxygens (including phenoxy) is 1. The highest BCUT2D eigenvalue weighted by atomic mass is 16.5. The van der Waals surface area contributed by atoms with Gasteiger partial charge in [-0.15, -0.1) is 0 Å². The Kier molecular flexibility index (Phi) is 3.87. The van der Waals surface area contributed by atoms with Crippen molar-refractivity contribution in [2.24, 2.45) is 0 Å². The minimum atomic E-state index is -1.08. The van der Waals surface area contributed by atoms with E-state index < -0.39 is 5.97 Å². The fourth-order valence-electron chi connectivity index (χ4n) is 2.22. The van der Waals surface area contributed by atoms with Gasteiger partial charge in [0.25, 0.3) is 0 Å². The van der Waals surface area contributed by atoms with Crippen LogP contribution < -0.4 is 10.6 Å². The summed E-state index contributed by atoms with van der Waals surface area (Å²) in [6, 6.07) is 1.37. The van der Waals surface area contributed by atoms with Crippen LogP contribution in [0.5, 0.6) is 0 Å². The van der Waals surface area contributed by atoms with Gasteiger partial charge in [0.2, 0.25) is 0 Å². The second-order valence-corrected chi connectivity index (χ2v) is 4.56. The van der Waals surface area contributed by atoms with E-state index in [4.69, 9.17) is 15.6 Å². The highest BCUT2D eigenvalue weighted by Gasteiger charge is 2.27. The van der Waals surface area contributed by atoms with E-state index in [0.717, 1.165) is 0 Å². The van der Waals surface area contributed by atoms with Gasteiger partial charge in [-0.3, -0.25) is 0 Å². The summed E-state index contributed by atoms with van der Waals surface area (Å²) < 4.78 is 5.53. The zero-order valence-electron chi connectivity index (χ0n) is 10.6. The molecular formula is C12H17N3O4. The van der Waals surface area contributed by atoms with E-state index in [-0.39, 0.29) is 30.1 Å². The van der Waals surface area contributed by atoms with Crippen LogP contribution in [-0.4, -0.2) is 53.1 Å². The predicted molar refractivity (Wildman–Crippen MR) is 69.2 cm³/mol. The van der Waals surface area contributed by atoms with Crippen LogP contribution in [0.2, 0.25) is 0 Å². The first kappa shape index (κ1) is 13.6. The molecule has 7 heteroatoms. The summed E-state index contributed by atoms with van der Waals surface area (Å²) in [6.45, 7) is 2.77. The molecule has 4 N–H and O–H groups in total. The van der Waals surface area contributed by atoms with Gasteiger partial charge in [-0.05, 0) is 13.0 Å². The number of nitrogen functional groups attached to an aromatic ring is 1. The molecule has 19 heavy (non-hydrogen) atoms. The van der Waals surface area contributed by atoms with Gasteiger partial charge in [0.15, 0.2) is 5.82 Å². The number of carboxylic acid groups (broad SMARTS) is 1. The van der Waals surface area contributed by atoms with E-state index in [1.54, 1.807) is 0 Å². The number of carboxylic acids is 1. The largest absolute Gasteiger partial charge is 0.478 e. The Hall–Kier alpha value is -1.86. The molecule has 0 aliphatic carbocycles. The molecule has 2 atom stereocenters. The van der Waals surface area contributed by atoms with Gasteiger partial charge in [0.05, 0.1) is 30.1 Å². The molecule has 1 aromatic heterocycles. The van der Waals surface area contributed by atoms with Crippen molar-refractivity contribution in [2.45, 2.75) is 19.1 Å². The number of pyridine rings is 1. The molecule has 1 saturated heterocycles. The Bertz CT molecular complexity index is 480. The standard InChI is InChI=1S/C12H17N3O4/c1-7-4-15(5-8(6-16)19-7)11-10(13)9(12(17)18)2-3-14-11/h2-3,7-8,16H,4-6,13H2,1H3,(H,17,18). The van der Waals surface area contributed by atoms with Crippen molar-refractivity contribution < 1.29 is 19.7 Å². The normalized spacial score (nSPS) is 23.4. The lowest BCUT2D eigenvalue weighted by Crippen LogP contribution is -2.48. The van der Waals surface area contributed by atoms with E-state index in [0.29, 0.717) is 18.9 Å². The van der Waals surface area contributed by atoms with Crippen molar-refractivity contribution in [3.05, 3.63) is 17.8 Å². The third kappa shape index (κ3) is 2.77. The van der Waals surface area contributed by atoms with Crippen LogP contribution in [0, 0.1) is 0 Å². The lowest BCUT2D eigenvalue weighted by molar-refractivity contribution is -0.0422. The molecule has 7 nitrogen and oxygen atoms in total. The van der Waals surface area contributed by atoms with E-state index in [1.165, 1.54) is 12.3 Å². The molecule has 1 aliphatic heterocycles.